The summed E-state index contributed by atoms with van der Waals surface area (Å²) in [5.41, 5.74) is 6.08. The topological polar surface area (TPSA) is 26.0 Å². The predicted molar refractivity (Wildman–Crippen MR) is 48.7 cm³/mol. The number of halogens is 2. The van der Waals surface area contributed by atoms with Crippen molar-refractivity contribution in [1.29, 1.82) is 0 Å². The highest BCUT2D eigenvalue weighted by molar-refractivity contribution is 5.25. The Kier molecular flexibility index (Phi) is 3.37. The smallest absolute Gasteiger partial charge is 0.129 e. The van der Waals surface area contributed by atoms with E-state index in [2.05, 4.69) is 0 Å². The van der Waals surface area contributed by atoms with Crippen LogP contribution in [0.4, 0.5) is 8.78 Å². The first-order valence-electron chi connectivity index (χ1n) is 4.25. The Bertz CT molecular complexity index is 286. The number of aryl methyl sites for hydroxylation is 1. The Morgan fingerprint density at radius 1 is 1.46 bits per heavy atom. The number of benzene rings is 1. The molecule has 1 atom stereocenters. The number of alkyl halides is 1. The van der Waals surface area contributed by atoms with Crippen LogP contribution in [0.1, 0.15) is 23.7 Å². The first-order valence-corrected chi connectivity index (χ1v) is 4.25. The second-order valence-corrected chi connectivity index (χ2v) is 3.07. The second-order valence-electron chi connectivity index (χ2n) is 3.07. The number of hydrogen-bond donors (Lipinski definition) is 1. The number of rotatable bonds is 3. The maximum atomic E-state index is 13.2. The molecule has 0 aromatic heterocycles. The highest BCUT2D eigenvalue weighted by atomic mass is 19.1. The molecule has 0 spiro atoms. The summed E-state index contributed by atoms with van der Waals surface area (Å²) < 4.78 is 26.4. The molecule has 0 heterocycles. The SMILES string of the molecule is Cc1ccc(C(F)CCN)c(F)c1. The van der Waals surface area contributed by atoms with Gasteiger partial charge in [-0.1, -0.05) is 12.1 Å². The Hall–Kier alpha value is -0.960. The van der Waals surface area contributed by atoms with Crippen molar-refractivity contribution in [2.24, 2.45) is 5.73 Å². The average molecular weight is 185 g/mol. The van der Waals surface area contributed by atoms with E-state index in [1.165, 1.54) is 12.1 Å². The molecule has 0 aliphatic rings. The van der Waals surface area contributed by atoms with Crippen LogP contribution in [0, 0.1) is 12.7 Å². The molecule has 1 aromatic rings. The van der Waals surface area contributed by atoms with E-state index in [9.17, 15) is 8.78 Å². The van der Waals surface area contributed by atoms with Crippen LogP contribution in [0.25, 0.3) is 0 Å². The standard InChI is InChI=1S/C10H13F2N/c1-7-2-3-8(10(12)6-7)9(11)4-5-13/h2-3,6,9H,4-5,13H2,1H3. The predicted octanol–water partition coefficient (Wildman–Crippen LogP) is 2.49. The lowest BCUT2D eigenvalue weighted by atomic mass is 10.1. The molecule has 0 aliphatic heterocycles. The van der Waals surface area contributed by atoms with E-state index >= 15 is 0 Å². The molecule has 0 fully saturated rings. The van der Waals surface area contributed by atoms with E-state index < -0.39 is 12.0 Å². The Labute approximate surface area is 76.6 Å². The maximum absolute atomic E-state index is 13.2. The van der Waals surface area contributed by atoms with E-state index in [0.29, 0.717) is 0 Å². The van der Waals surface area contributed by atoms with Crippen LogP contribution in [-0.4, -0.2) is 6.54 Å². The highest BCUT2D eigenvalue weighted by Crippen LogP contribution is 2.23. The maximum Gasteiger partial charge on any atom is 0.129 e. The fourth-order valence-corrected chi connectivity index (χ4v) is 1.19. The molecule has 2 N–H and O–H groups in total. The summed E-state index contributed by atoms with van der Waals surface area (Å²) in [6.07, 6.45) is -1.12. The van der Waals surface area contributed by atoms with Crippen molar-refractivity contribution in [2.75, 3.05) is 6.54 Å². The minimum absolute atomic E-state index is 0.107. The highest BCUT2D eigenvalue weighted by Gasteiger charge is 2.13. The normalized spacial score (nSPS) is 12.9. The molecule has 0 saturated carbocycles. The van der Waals surface area contributed by atoms with Gasteiger partial charge in [0.15, 0.2) is 0 Å². The van der Waals surface area contributed by atoms with E-state index in [-0.39, 0.29) is 18.5 Å². The molecule has 1 rings (SSSR count). The van der Waals surface area contributed by atoms with E-state index in [1.54, 1.807) is 13.0 Å². The van der Waals surface area contributed by atoms with Crippen molar-refractivity contribution in [3.05, 3.63) is 35.1 Å². The first-order chi connectivity index (χ1) is 6.15. The molecule has 0 radical (unpaired) electrons. The van der Waals surface area contributed by atoms with E-state index in [1.807, 2.05) is 0 Å². The third-order valence-corrected chi connectivity index (χ3v) is 1.91. The van der Waals surface area contributed by atoms with Gasteiger partial charge in [-0.2, -0.15) is 0 Å². The largest absolute Gasteiger partial charge is 0.330 e. The summed E-state index contributed by atoms with van der Waals surface area (Å²) in [6, 6.07) is 4.50. The van der Waals surface area contributed by atoms with Gasteiger partial charge in [0.05, 0.1) is 0 Å². The van der Waals surface area contributed by atoms with Gasteiger partial charge < -0.3 is 5.73 Å². The quantitative estimate of drug-likeness (QED) is 0.769. The monoisotopic (exact) mass is 185 g/mol. The second kappa shape index (κ2) is 4.33. The molecule has 13 heavy (non-hydrogen) atoms. The molecule has 1 aromatic carbocycles. The van der Waals surface area contributed by atoms with Crippen molar-refractivity contribution < 1.29 is 8.78 Å². The van der Waals surface area contributed by atoms with Crippen molar-refractivity contribution in [3.63, 3.8) is 0 Å². The molecular weight excluding hydrogens is 172 g/mol. The van der Waals surface area contributed by atoms with Crippen LogP contribution in [-0.2, 0) is 0 Å². The van der Waals surface area contributed by atoms with Crippen LogP contribution >= 0.6 is 0 Å². The summed E-state index contributed by atoms with van der Waals surface area (Å²) in [5.74, 6) is -0.485. The van der Waals surface area contributed by atoms with Crippen LogP contribution in [0.15, 0.2) is 18.2 Å². The van der Waals surface area contributed by atoms with Crippen LogP contribution in [0.3, 0.4) is 0 Å². The van der Waals surface area contributed by atoms with Crippen LogP contribution in [0.5, 0.6) is 0 Å². The van der Waals surface area contributed by atoms with Gasteiger partial charge in [0, 0.05) is 5.56 Å². The summed E-state index contributed by atoms with van der Waals surface area (Å²) in [4.78, 5) is 0. The molecular formula is C10H13F2N. The number of hydrogen-bond acceptors (Lipinski definition) is 1. The zero-order chi connectivity index (χ0) is 9.84. The van der Waals surface area contributed by atoms with Gasteiger partial charge in [0.25, 0.3) is 0 Å². The van der Waals surface area contributed by atoms with Gasteiger partial charge in [0.2, 0.25) is 0 Å². The molecule has 0 amide bonds. The summed E-state index contributed by atoms with van der Waals surface area (Å²) in [5, 5.41) is 0. The molecule has 72 valence electrons. The fraction of sp³-hybridized carbons (Fsp3) is 0.400. The van der Waals surface area contributed by atoms with E-state index in [0.717, 1.165) is 5.56 Å². The lowest BCUT2D eigenvalue weighted by Gasteiger charge is -2.08. The zero-order valence-electron chi connectivity index (χ0n) is 7.56. The molecule has 0 aliphatic carbocycles. The Morgan fingerprint density at radius 2 is 2.15 bits per heavy atom. The third-order valence-electron chi connectivity index (χ3n) is 1.91. The Morgan fingerprint density at radius 3 is 2.69 bits per heavy atom. The fourth-order valence-electron chi connectivity index (χ4n) is 1.19. The first kappa shape index (κ1) is 10.1. The van der Waals surface area contributed by atoms with Gasteiger partial charge in [0.1, 0.15) is 12.0 Å². The van der Waals surface area contributed by atoms with Gasteiger partial charge in [-0.05, 0) is 31.5 Å². The minimum atomic E-state index is -1.29. The summed E-state index contributed by atoms with van der Waals surface area (Å²) in [6.45, 7) is 2.00. The van der Waals surface area contributed by atoms with Gasteiger partial charge in [-0.15, -0.1) is 0 Å². The number of nitrogens with two attached hydrogens (primary N) is 1. The van der Waals surface area contributed by atoms with Gasteiger partial charge in [-0.3, -0.25) is 0 Å². The van der Waals surface area contributed by atoms with Crippen molar-refractivity contribution in [2.45, 2.75) is 19.5 Å². The lowest BCUT2D eigenvalue weighted by molar-refractivity contribution is 0.317. The summed E-state index contributed by atoms with van der Waals surface area (Å²) >= 11 is 0. The van der Waals surface area contributed by atoms with Gasteiger partial charge in [-0.25, -0.2) is 8.78 Å². The van der Waals surface area contributed by atoms with Gasteiger partial charge >= 0.3 is 0 Å². The average Bonchev–Trinajstić information content (AvgIpc) is 2.04. The van der Waals surface area contributed by atoms with E-state index in [4.69, 9.17) is 5.73 Å². The minimum Gasteiger partial charge on any atom is -0.330 e. The van der Waals surface area contributed by atoms with Crippen molar-refractivity contribution in [3.8, 4) is 0 Å². The lowest BCUT2D eigenvalue weighted by Crippen LogP contribution is -2.05. The van der Waals surface area contributed by atoms with Crippen LogP contribution < -0.4 is 5.73 Å². The molecule has 3 heteroatoms. The Balaban J connectivity index is 2.88. The molecule has 1 unspecified atom stereocenters. The van der Waals surface area contributed by atoms with Crippen molar-refractivity contribution in [1.82, 2.24) is 0 Å². The third kappa shape index (κ3) is 2.49. The summed E-state index contributed by atoms with van der Waals surface area (Å²) in [7, 11) is 0. The molecule has 0 saturated heterocycles. The molecule has 0 bridgehead atoms. The zero-order valence-corrected chi connectivity index (χ0v) is 7.56. The van der Waals surface area contributed by atoms with Crippen LogP contribution in [0.2, 0.25) is 0 Å². The van der Waals surface area contributed by atoms with Crippen molar-refractivity contribution >= 4 is 0 Å². The molecule has 1 nitrogen and oxygen atoms in total.